The van der Waals surface area contributed by atoms with E-state index in [-0.39, 0.29) is 17.6 Å². The Balaban J connectivity index is 1.85. The van der Waals surface area contributed by atoms with Crippen molar-refractivity contribution in [3.63, 3.8) is 0 Å². The van der Waals surface area contributed by atoms with Crippen molar-refractivity contribution in [3.8, 4) is 0 Å². The quantitative estimate of drug-likeness (QED) is 0.469. The van der Waals surface area contributed by atoms with Crippen molar-refractivity contribution in [1.29, 1.82) is 0 Å². The molecule has 0 spiro atoms. The van der Waals surface area contributed by atoms with E-state index in [1.807, 2.05) is 0 Å². The van der Waals surface area contributed by atoms with Crippen LogP contribution in [0.1, 0.15) is 12.0 Å². The van der Waals surface area contributed by atoms with Crippen molar-refractivity contribution in [3.05, 3.63) is 39.6 Å². The summed E-state index contributed by atoms with van der Waals surface area (Å²) in [4.78, 5) is 25.6. The molecular weight excluding hydrogens is 312 g/mol. The van der Waals surface area contributed by atoms with Gasteiger partial charge in [0.05, 0.1) is 41.1 Å². The molecule has 0 saturated carbocycles. The number of fused-ring (bicyclic) bond motifs is 1. The number of carbonyl (C=O) groups excluding carboxylic acids is 1. The molecule has 4 rings (SSSR count). The van der Waals surface area contributed by atoms with E-state index >= 15 is 0 Å². The van der Waals surface area contributed by atoms with Gasteiger partial charge in [-0.3, -0.25) is 14.9 Å². The van der Waals surface area contributed by atoms with Gasteiger partial charge in [-0.1, -0.05) is 0 Å². The number of amides is 1. The van der Waals surface area contributed by atoms with Crippen LogP contribution in [-0.4, -0.2) is 49.7 Å². The Morgan fingerprint density at radius 1 is 1.33 bits per heavy atom. The molecule has 0 aliphatic carbocycles. The van der Waals surface area contributed by atoms with E-state index in [0.29, 0.717) is 36.6 Å². The molecule has 1 aromatic carbocycles. The number of anilines is 1. The Bertz CT molecular complexity index is 732. The summed E-state index contributed by atoms with van der Waals surface area (Å²) in [6.07, 6.45) is 0.870. The molecule has 3 aliphatic rings. The highest BCUT2D eigenvalue weighted by Gasteiger charge is 2.40. The summed E-state index contributed by atoms with van der Waals surface area (Å²) in [5.41, 5.74) is 2.56. The average Bonchev–Trinajstić information content (AvgIpc) is 3.20. The number of nitro groups is 1. The van der Waals surface area contributed by atoms with Gasteiger partial charge in [0.2, 0.25) is 0 Å². The number of hydrogen-bond donors (Lipinski definition) is 2. The number of benzene rings is 1. The summed E-state index contributed by atoms with van der Waals surface area (Å²) in [5.74, 6) is -0.104. The highest BCUT2D eigenvalue weighted by atomic mass is 16.6. The van der Waals surface area contributed by atoms with Gasteiger partial charge in [-0.15, -0.1) is 0 Å². The van der Waals surface area contributed by atoms with Gasteiger partial charge in [0.1, 0.15) is 0 Å². The van der Waals surface area contributed by atoms with E-state index in [1.54, 1.807) is 11.0 Å². The van der Waals surface area contributed by atoms with Crippen LogP contribution in [0.5, 0.6) is 0 Å². The topological polar surface area (TPSA) is 96.7 Å². The van der Waals surface area contributed by atoms with Crippen molar-refractivity contribution in [2.45, 2.75) is 12.5 Å². The zero-order chi connectivity index (χ0) is 16.7. The zero-order valence-corrected chi connectivity index (χ0v) is 13.1. The third-order valence-electron chi connectivity index (χ3n) is 4.68. The molecular formula is C16H18N4O4. The Morgan fingerprint density at radius 3 is 2.88 bits per heavy atom. The van der Waals surface area contributed by atoms with Crippen molar-refractivity contribution < 1.29 is 14.5 Å². The van der Waals surface area contributed by atoms with Crippen LogP contribution < -0.4 is 15.5 Å². The molecule has 1 amide bonds. The summed E-state index contributed by atoms with van der Waals surface area (Å²) in [6.45, 7) is 3.13. The zero-order valence-electron chi connectivity index (χ0n) is 13.1. The van der Waals surface area contributed by atoms with Crippen LogP contribution in [0.4, 0.5) is 11.4 Å². The third-order valence-corrected chi connectivity index (χ3v) is 4.68. The molecule has 2 saturated heterocycles. The van der Waals surface area contributed by atoms with Crippen LogP contribution in [0.25, 0.3) is 5.57 Å². The molecule has 1 aromatic rings. The lowest BCUT2D eigenvalue weighted by atomic mass is 10.0. The van der Waals surface area contributed by atoms with E-state index in [9.17, 15) is 14.9 Å². The first kappa shape index (κ1) is 15.1. The minimum absolute atomic E-state index is 0.0113. The fraction of sp³-hybridized carbons (Fsp3) is 0.438. The fourth-order valence-corrected chi connectivity index (χ4v) is 3.57. The molecule has 1 atom stereocenters. The van der Waals surface area contributed by atoms with Gasteiger partial charge in [-0.05, 0) is 19.0 Å². The number of carbonyl (C=O) groups is 1. The molecule has 3 heterocycles. The number of ether oxygens (including phenoxy) is 1. The first-order chi connectivity index (χ1) is 11.7. The normalized spacial score (nSPS) is 26.4. The average molecular weight is 330 g/mol. The Labute approximate surface area is 138 Å². The second-order valence-corrected chi connectivity index (χ2v) is 6.11. The van der Waals surface area contributed by atoms with E-state index in [0.717, 1.165) is 25.2 Å². The Morgan fingerprint density at radius 2 is 2.21 bits per heavy atom. The van der Waals surface area contributed by atoms with E-state index in [4.69, 9.17) is 4.74 Å². The van der Waals surface area contributed by atoms with Crippen molar-refractivity contribution in [1.82, 2.24) is 10.6 Å². The molecule has 3 aliphatic heterocycles. The maximum Gasteiger partial charge on any atom is 0.270 e. The molecule has 8 heteroatoms. The summed E-state index contributed by atoms with van der Waals surface area (Å²) >= 11 is 0. The summed E-state index contributed by atoms with van der Waals surface area (Å²) < 4.78 is 5.46. The van der Waals surface area contributed by atoms with Crippen LogP contribution in [0.2, 0.25) is 0 Å². The lowest BCUT2D eigenvalue weighted by Crippen LogP contribution is -2.40. The van der Waals surface area contributed by atoms with Gasteiger partial charge in [0.15, 0.2) is 0 Å². The minimum Gasteiger partial charge on any atom is -0.383 e. The van der Waals surface area contributed by atoms with Gasteiger partial charge >= 0.3 is 0 Å². The van der Waals surface area contributed by atoms with Crippen molar-refractivity contribution in [2.75, 3.05) is 37.7 Å². The highest BCUT2D eigenvalue weighted by molar-refractivity contribution is 6.33. The smallest absolute Gasteiger partial charge is 0.270 e. The van der Waals surface area contributed by atoms with Gasteiger partial charge in [0.25, 0.3) is 11.6 Å². The number of hydrogen-bond acceptors (Lipinski definition) is 6. The number of nitrogens with one attached hydrogen (secondary N) is 2. The van der Waals surface area contributed by atoms with Crippen LogP contribution in [0, 0.1) is 10.1 Å². The van der Waals surface area contributed by atoms with Crippen LogP contribution in [0.3, 0.4) is 0 Å². The molecule has 24 heavy (non-hydrogen) atoms. The predicted molar refractivity (Wildman–Crippen MR) is 87.6 cm³/mol. The van der Waals surface area contributed by atoms with Gasteiger partial charge in [-0.25, -0.2) is 0 Å². The monoisotopic (exact) mass is 330 g/mol. The van der Waals surface area contributed by atoms with Gasteiger partial charge in [-0.2, -0.15) is 0 Å². The van der Waals surface area contributed by atoms with E-state index in [1.165, 1.54) is 12.1 Å². The lowest BCUT2D eigenvalue weighted by Gasteiger charge is -2.24. The molecule has 0 bridgehead atoms. The number of non-ortho nitro benzene ring substituents is 1. The molecule has 2 N–H and O–H groups in total. The largest absolute Gasteiger partial charge is 0.383 e. The van der Waals surface area contributed by atoms with Crippen LogP contribution in [0.15, 0.2) is 23.9 Å². The maximum atomic E-state index is 13.1. The molecule has 0 radical (unpaired) electrons. The molecule has 2 fully saturated rings. The summed E-state index contributed by atoms with van der Waals surface area (Å²) in [5, 5.41) is 17.6. The fourth-order valence-electron chi connectivity index (χ4n) is 3.57. The number of nitro benzene ring substituents is 1. The maximum absolute atomic E-state index is 13.1. The summed E-state index contributed by atoms with van der Waals surface area (Å²) in [6, 6.07) is 4.70. The second kappa shape index (κ2) is 5.88. The standard InChI is InChI=1S/C16H18N4O4/c21-16-15(13-9-24-6-5-18-13)12-7-10(20(22)23)1-2-14(12)19(16)11-3-4-17-8-11/h1-2,7,11,17-18H,3-6,8-9H2/b15-13-/t11-/m0/s1. The van der Waals surface area contributed by atoms with E-state index < -0.39 is 4.92 Å². The third kappa shape index (κ3) is 2.35. The number of nitrogens with zero attached hydrogens (tertiary/aromatic N) is 2. The van der Waals surface area contributed by atoms with Gasteiger partial charge in [0, 0.05) is 30.8 Å². The van der Waals surface area contributed by atoms with Crippen LogP contribution >= 0.6 is 0 Å². The SMILES string of the molecule is O=C1/C(=C2/COCCN2)c2cc([N+](=O)[O-])ccc2N1[C@H]1CCNC1. The Hall–Kier alpha value is -2.45. The first-order valence-electron chi connectivity index (χ1n) is 8.04. The number of morpholine rings is 1. The molecule has 8 nitrogen and oxygen atoms in total. The first-order valence-corrected chi connectivity index (χ1v) is 8.04. The van der Waals surface area contributed by atoms with Crippen molar-refractivity contribution >= 4 is 22.9 Å². The molecule has 126 valence electrons. The lowest BCUT2D eigenvalue weighted by molar-refractivity contribution is -0.384. The number of rotatable bonds is 2. The second-order valence-electron chi connectivity index (χ2n) is 6.11. The molecule has 0 unspecified atom stereocenters. The van der Waals surface area contributed by atoms with Crippen molar-refractivity contribution in [2.24, 2.45) is 0 Å². The van der Waals surface area contributed by atoms with Crippen LogP contribution in [-0.2, 0) is 9.53 Å². The molecule has 0 aromatic heterocycles. The minimum atomic E-state index is -0.433. The van der Waals surface area contributed by atoms with E-state index in [2.05, 4.69) is 10.6 Å². The summed E-state index contributed by atoms with van der Waals surface area (Å²) in [7, 11) is 0. The Kier molecular flexibility index (Phi) is 3.70. The predicted octanol–water partition coefficient (Wildman–Crippen LogP) is 0.634. The highest BCUT2D eigenvalue weighted by Crippen LogP contribution is 2.42. The van der Waals surface area contributed by atoms with Gasteiger partial charge < -0.3 is 20.3 Å².